The molecule has 0 spiro atoms. The number of anilines is 1. The molecule has 0 radical (unpaired) electrons. The number of rotatable bonds is 10. The van der Waals surface area contributed by atoms with E-state index in [1.165, 1.54) is 11.8 Å². The molecule has 12 heteroatoms. The van der Waals surface area contributed by atoms with Gasteiger partial charge in [-0.3, -0.25) is 0 Å². The number of carbonyl (C=O) groups is 1. The summed E-state index contributed by atoms with van der Waals surface area (Å²) in [5, 5.41) is 10.3. The number of nitrogens with one attached hydrogen (secondary N) is 1. The standard InChI is InChI=1S/C31H29Cl3N4O4S/c1-17(2)42-29(39)27-18(3)35-30-36-31(43-16-21-7-5-6-8-23(21)33)37-38(30)28(27)19-10-12-25(26(13-19)40-4)41-15-20-9-11-22(32)14-24(20)34/h5-14,17,28H,15-16H2,1-4H3,(H,35,36,37). The van der Waals surface area contributed by atoms with Gasteiger partial charge in [0, 0.05) is 32.1 Å². The van der Waals surface area contributed by atoms with Gasteiger partial charge >= 0.3 is 5.97 Å². The molecule has 3 aromatic carbocycles. The van der Waals surface area contributed by atoms with Gasteiger partial charge in [0.1, 0.15) is 12.6 Å². The largest absolute Gasteiger partial charge is 0.493 e. The van der Waals surface area contributed by atoms with Crippen LogP contribution >= 0.6 is 46.6 Å². The summed E-state index contributed by atoms with van der Waals surface area (Å²) in [5.74, 6) is 1.62. The molecule has 8 nitrogen and oxygen atoms in total. The maximum Gasteiger partial charge on any atom is 0.338 e. The third-order valence-electron chi connectivity index (χ3n) is 6.61. The predicted octanol–water partition coefficient (Wildman–Crippen LogP) is 8.36. The van der Waals surface area contributed by atoms with Crippen LogP contribution in [0.2, 0.25) is 15.1 Å². The molecule has 1 atom stereocenters. The molecule has 1 unspecified atom stereocenters. The monoisotopic (exact) mass is 658 g/mol. The predicted molar refractivity (Wildman–Crippen MR) is 171 cm³/mol. The lowest BCUT2D eigenvalue weighted by atomic mass is 9.95. The first-order valence-corrected chi connectivity index (χ1v) is 15.5. The molecule has 0 saturated heterocycles. The molecule has 4 aromatic rings. The minimum Gasteiger partial charge on any atom is -0.493 e. The Labute approximate surface area is 269 Å². The summed E-state index contributed by atoms with van der Waals surface area (Å²) in [7, 11) is 1.56. The van der Waals surface area contributed by atoms with Crippen molar-refractivity contribution >= 4 is 58.5 Å². The van der Waals surface area contributed by atoms with Gasteiger partial charge in [0.25, 0.3) is 0 Å². The first-order valence-electron chi connectivity index (χ1n) is 13.4. The van der Waals surface area contributed by atoms with E-state index in [0.717, 1.165) is 16.7 Å². The quantitative estimate of drug-likeness (QED) is 0.134. The SMILES string of the molecule is COc1cc(C2C(C(=O)OC(C)C)=C(C)Nc3nc(SCc4ccccc4Cl)nn32)ccc1OCc1ccc(Cl)cc1Cl. The lowest BCUT2D eigenvalue weighted by Crippen LogP contribution is -2.30. The Morgan fingerprint density at radius 1 is 1.02 bits per heavy atom. The van der Waals surface area contributed by atoms with Crippen LogP contribution in [-0.4, -0.2) is 33.9 Å². The lowest BCUT2D eigenvalue weighted by molar-refractivity contribution is -0.143. The number of halogens is 3. The van der Waals surface area contributed by atoms with Gasteiger partial charge in [-0.05, 0) is 62.2 Å². The van der Waals surface area contributed by atoms with Gasteiger partial charge in [-0.2, -0.15) is 4.98 Å². The first-order chi connectivity index (χ1) is 20.6. The highest BCUT2D eigenvalue weighted by Gasteiger charge is 2.36. The van der Waals surface area contributed by atoms with Crippen LogP contribution in [0, 0.1) is 0 Å². The van der Waals surface area contributed by atoms with E-state index >= 15 is 0 Å². The molecular formula is C31H29Cl3N4O4S. The van der Waals surface area contributed by atoms with Crippen LogP contribution < -0.4 is 14.8 Å². The summed E-state index contributed by atoms with van der Waals surface area (Å²) in [6.07, 6.45) is -0.308. The van der Waals surface area contributed by atoms with E-state index in [9.17, 15) is 4.79 Å². The number of ether oxygens (including phenoxy) is 3. The zero-order chi connectivity index (χ0) is 30.7. The van der Waals surface area contributed by atoms with Crippen LogP contribution in [0.5, 0.6) is 11.5 Å². The topological polar surface area (TPSA) is 87.5 Å². The van der Waals surface area contributed by atoms with E-state index in [2.05, 4.69) is 5.32 Å². The minimum atomic E-state index is -0.640. The van der Waals surface area contributed by atoms with E-state index in [4.69, 9.17) is 59.1 Å². The fraction of sp³-hybridized carbons (Fsp3) is 0.258. The molecule has 1 N–H and O–H groups in total. The second-order valence-corrected chi connectivity index (χ2v) is 12.2. The van der Waals surface area contributed by atoms with Crippen molar-refractivity contribution in [3.8, 4) is 11.5 Å². The highest BCUT2D eigenvalue weighted by Crippen LogP contribution is 2.40. The normalized spacial score (nSPS) is 14.4. The van der Waals surface area contributed by atoms with Crippen molar-refractivity contribution in [2.24, 2.45) is 0 Å². The van der Waals surface area contributed by atoms with Crippen molar-refractivity contribution in [2.45, 2.75) is 50.4 Å². The number of carbonyl (C=O) groups excluding carboxylic acids is 1. The lowest BCUT2D eigenvalue weighted by Gasteiger charge is -2.29. The molecule has 0 amide bonds. The molecule has 1 aromatic heterocycles. The number of nitrogens with zero attached hydrogens (tertiary/aromatic N) is 3. The molecule has 0 fully saturated rings. The van der Waals surface area contributed by atoms with E-state index < -0.39 is 12.0 Å². The molecule has 1 aliphatic rings. The van der Waals surface area contributed by atoms with Crippen molar-refractivity contribution in [1.82, 2.24) is 14.8 Å². The molecule has 0 saturated carbocycles. The third-order valence-corrected chi connectivity index (χ3v) is 8.45. The van der Waals surface area contributed by atoms with Crippen molar-refractivity contribution < 1.29 is 19.0 Å². The van der Waals surface area contributed by atoms with Gasteiger partial charge in [-0.15, -0.1) is 5.10 Å². The van der Waals surface area contributed by atoms with Crippen LogP contribution in [0.15, 0.2) is 77.1 Å². The van der Waals surface area contributed by atoms with Gasteiger partial charge in [0.15, 0.2) is 11.5 Å². The minimum absolute atomic E-state index is 0.212. The molecule has 0 aliphatic carbocycles. The average Bonchev–Trinajstić information content (AvgIpc) is 3.37. The van der Waals surface area contributed by atoms with Crippen molar-refractivity contribution in [3.63, 3.8) is 0 Å². The van der Waals surface area contributed by atoms with Gasteiger partial charge in [0.2, 0.25) is 11.1 Å². The summed E-state index contributed by atoms with van der Waals surface area (Å²) in [5.41, 5.74) is 3.52. The second-order valence-electron chi connectivity index (χ2n) is 10.00. The number of aromatic nitrogens is 3. The van der Waals surface area contributed by atoms with E-state index in [0.29, 0.717) is 54.7 Å². The number of hydrogen-bond acceptors (Lipinski definition) is 8. The van der Waals surface area contributed by atoms with E-state index in [1.54, 1.807) is 30.0 Å². The van der Waals surface area contributed by atoms with Crippen molar-refractivity contribution in [2.75, 3.05) is 12.4 Å². The van der Waals surface area contributed by atoms with Gasteiger partial charge in [-0.25, -0.2) is 9.48 Å². The second kappa shape index (κ2) is 13.5. The van der Waals surface area contributed by atoms with E-state index in [1.807, 2.05) is 63.2 Å². The molecule has 1 aliphatic heterocycles. The Morgan fingerprint density at radius 3 is 2.53 bits per heavy atom. The fourth-order valence-corrected chi connectivity index (χ4v) is 6.15. The number of methoxy groups -OCH3 is 1. The maximum absolute atomic E-state index is 13.4. The molecule has 224 valence electrons. The number of esters is 1. The van der Waals surface area contributed by atoms with E-state index in [-0.39, 0.29) is 12.7 Å². The smallest absolute Gasteiger partial charge is 0.338 e. The van der Waals surface area contributed by atoms with Crippen LogP contribution in [0.1, 0.15) is 43.5 Å². The van der Waals surface area contributed by atoms with Crippen LogP contribution in [-0.2, 0) is 21.9 Å². The molecule has 2 heterocycles. The highest BCUT2D eigenvalue weighted by molar-refractivity contribution is 7.98. The first kappa shape index (κ1) is 31.1. The van der Waals surface area contributed by atoms with Crippen molar-refractivity contribution in [3.05, 3.63) is 104 Å². The fourth-order valence-electron chi connectivity index (χ4n) is 4.57. The zero-order valence-corrected chi connectivity index (χ0v) is 26.9. The average molecular weight is 660 g/mol. The van der Waals surface area contributed by atoms with Gasteiger partial charge in [-0.1, -0.05) is 76.9 Å². The molecular weight excluding hydrogens is 631 g/mol. The number of fused-ring (bicyclic) bond motifs is 1. The van der Waals surface area contributed by atoms with Gasteiger partial charge in [0.05, 0.1) is 18.8 Å². The molecule has 5 rings (SSSR count). The summed E-state index contributed by atoms with van der Waals surface area (Å²) in [4.78, 5) is 18.1. The van der Waals surface area contributed by atoms with Gasteiger partial charge < -0.3 is 19.5 Å². The number of allylic oxidation sites excluding steroid dienone is 1. The third kappa shape index (κ3) is 7.07. The molecule has 0 bridgehead atoms. The molecule has 43 heavy (non-hydrogen) atoms. The van der Waals surface area contributed by atoms with Crippen LogP contribution in [0.4, 0.5) is 5.95 Å². The number of hydrogen-bond donors (Lipinski definition) is 1. The number of benzene rings is 3. The van der Waals surface area contributed by atoms with Crippen LogP contribution in [0.3, 0.4) is 0 Å². The van der Waals surface area contributed by atoms with Crippen molar-refractivity contribution in [1.29, 1.82) is 0 Å². The summed E-state index contributed by atoms with van der Waals surface area (Å²) < 4.78 is 19.1. The maximum atomic E-state index is 13.4. The summed E-state index contributed by atoms with van der Waals surface area (Å²) >= 11 is 20.2. The summed E-state index contributed by atoms with van der Waals surface area (Å²) in [6.45, 7) is 5.66. The number of thioether (sulfide) groups is 1. The Morgan fingerprint density at radius 2 is 1.81 bits per heavy atom. The Bertz CT molecular complexity index is 1690. The Balaban J connectivity index is 1.48. The Kier molecular flexibility index (Phi) is 9.76. The summed E-state index contributed by atoms with van der Waals surface area (Å²) in [6, 6.07) is 17.7. The highest BCUT2D eigenvalue weighted by atomic mass is 35.5. The van der Waals surface area contributed by atoms with Crippen LogP contribution in [0.25, 0.3) is 0 Å². The zero-order valence-electron chi connectivity index (χ0n) is 23.9. The Hall–Kier alpha value is -3.37.